The Kier molecular flexibility index (Phi) is 5.61. The van der Waals surface area contributed by atoms with Crippen molar-refractivity contribution in [3.63, 3.8) is 0 Å². The fourth-order valence-corrected chi connectivity index (χ4v) is 3.82. The van der Waals surface area contributed by atoms with Crippen molar-refractivity contribution < 1.29 is 9.53 Å². The molecule has 3 aromatic heterocycles. The lowest BCUT2D eigenvalue weighted by Crippen LogP contribution is -2.40. The van der Waals surface area contributed by atoms with Crippen LogP contribution in [0.4, 0.5) is 5.82 Å². The summed E-state index contributed by atoms with van der Waals surface area (Å²) >= 11 is 0. The van der Waals surface area contributed by atoms with Crippen molar-refractivity contribution >= 4 is 17.4 Å². The maximum atomic E-state index is 12.7. The largest absolute Gasteiger partial charge is 0.439 e. The molecule has 5 rings (SSSR count). The summed E-state index contributed by atoms with van der Waals surface area (Å²) in [5.41, 5.74) is 1.67. The van der Waals surface area contributed by atoms with E-state index in [1.165, 1.54) is 0 Å². The molecule has 9 heteroatoms. The Bertz CT molecular complexity index is 1200. The zero-order valence-corrected chi connectivity index (χ0v) is 17.5. The Hall–Kier alpha value is -4.01. The van der Waals surface area contributed by atoms with Crippen molar-refractivity contribution in [2.24, 2.45) is 5.92 Å². The first-order valence-corrected chi connectivity index (χ1v) is 10.6. The third-order valence-electron chi connectivity index (χ3n) is 5.57. The molecule has 0 radical (unpaired) electrons. The molecule has 0 saturated carbocycles. The molecule has 1 N–H and O–H groups in total. The van der Waals surface area contributed by atoms with Crippen LogP contribution in [0.5, 0.6) is 11.6 Å². The molecule has 4 heterocycles. The van der Waals surface area contributed by atoms with Crippen LogP contribution in [0.25, 0.3) is 5.65 Å². The van der Waals surface area contributed by atoms with E-state index in [0.29, 0.717) is 12.4 Å². The van der Waals surface area contributed by atoms with Crippen LogP contribution >= 0.6 is 0 Å². The van der Waals surface area contributed by atoms with Gasteiger partial charge in [0.1, 0.15) is 17.9 Å². The quantitative estimate of drug-likeness (QED) is 0.503. The van der Waals surface area contributed by atoms with Crippen LogP contribution in [-0.4, -0.2) is 43.8 Å². The third-order valence-corrected chi connectivity index (χ3v) is 5.57. The highest BCUT2D eigenvalue weighted by atomic mass is 16.5. The third kappa shape index (κ3) is 4.51. The van der Waals surface area contributed by atoms with Crippen molar-refractivity contribution in [1.82, 2.24) is 30.1 Å². The molecule has 0 aliphatic carbocycles. The summed E-state index contributed by atoms with van der Waals surface area (Å²) < 4.78 is 7.44. The minimum atomic E-state index is -0.00762. The first-order chi connectivity index (χ1) is 15.7. The standard InChI is InChI=1S/C23H23N7O2/c31-23(25-15-17-8-11-24-22(14-17)32-19-4-2-1-3-5-19)18-9-12-29(13-10-18)21-7-6-20-27-26-16-30(20)28-21/h1-8,11,14,16,18H,9-10,12-13,15H2,(H,25,31). The molecule has 1 aliphatic heterocycles. The van der Waals surface area contributed by atoms with Gasteiger partial charge in [0.2, 0.25) is 11.8 Å². The Balaban J connectivity index is 1.13. The Morgan fingerprint density at radius 3 is 2.78 bits per heavy atom. The summed E-state index contributed by atoms with van der Waals surface area (Å²) in [5, 5.41) is 15.4. The number of nitrogens with one attached hydrogen (secondary N) is 1. The fraction of sp³-hybridized carbons (Fsp3) is 0.261. The van der Waals surface area contributed by atoms with Crippen molar-refractivity contribution in [2.75, 3.05) is 18.0 Å². The minimum absolute atomic E-state index is 0.00762. The number of piperidine rings is 1. The molecule has 0 atom stereocenters. The van der Waals surface area contributed by atoms with Gasteiger partial charge < -0.3 is 15.0 Å². The molecule has 1 amide bonds. The van der Waals surface area contributed by atoms with E-state index in [2.05, 4.69) is 30.5 Å². The molecule has 162 valence electrons. The monoisotopic (exact) mass is 429 g/mol. The smallest absolute Gasteiger partial charge is 0.223 e. The molecule has 0 spiro atoms. The summed E-state index contributed by atoms with van der Waals surface area (Å²) in [6.45, 7) is 2.00. The Morgan fingerprint density at radius 2 is 1.94 bits per heavy atom. The second kappa shape index (κ2) is 9.01. The summed E-state index contributed by atoms with van der Waals surface area (Å²) in [6, 6.07) is 17.1. The van der Waals surface area contributed by atoms with E-state index < -0.39 is 0 Å². The Labute approximate surface area is 185 Å². The number of hydrogen-bond acceptors (Lipinski definition) is 7. The maximum absolute atomic E-state index is 12.7. The highest BCUT2D eigenvalue weighted by molar-refractivity contribution is 5.79. The van der Waals surface area contributed by atoms with Gasteiger partial charge in [0.15, 0.2) is 5.65 Å². The highest BCUT2D eigenvalue weighted by Gasteiger charge is 2.25. The van der Waals surface area contributed by atoms with Crippen LogP contribution in [-0.2, 0) is 11.3 Å². The molecule has 1 aromatic carbocycles. The van der Waals surface area contributed by atoms with E-state index in [4.69, 9.17) is 4.74 Å². The van der Waals surface area contributed by atoms with E-state index >= 15 is 0 Å². The number of fused-ring (bicyclic) bond motifs is 1. The first kappa shape index (κ1) is 19.9. The van der Waals surface area contributed by atoms with Crippen molar-refractivity contribution in [2.45, 2.75) is 19.4 Å². The molecule has 0 bridgehead atoms. The Morgan fingerprint density at radius 1 is 1.09 bits per heavy atom. The van der Waals surface area contributed by atoms with Gasteiger partial charge in [0.25, 0.3) is 0 Å². The van der Waals surface area contributed by atoms with Crippen LogP contribution in [0.2, 0.25) is 0 Å². The van der Waals surface area contributed by atoms with E-state index in [-0.39, 0.29) is 11.8 Å². The summed E-state index contributed by atoms with van der Waals surface area (Å²) in [5.74, 6) is 2.18. The molecule has 32 heavy (non-hydrogen) atoms. The number of rotatable bonds is 6. The number of amides is 1. The predicted molar refractivity (Wildman–Crippen MR) is 118 cm³/mol. The second-order valence-electron chi connectivity index (χ2n) is 7.72. The normalized spacial score (nSPS) is 14.4. The summed E-state index contributed by atoms with van der Waals surface area (Å²) in [6.07, 6.45) is 4.85. The average molecular weight is 429 g/mol. The number of anilines is 1. The molecule has 1 fully saturated rings. The molecule has 9 nitrogen and oxygen atoms in total. The van der Waals surface area contributed by atoms with Crippen LogP contribution in [0.3, 0.4) is 0 Å². The maximum Gasteiger partial charge on any atom is 0.223 e. The van der Waals surface area contributed by atoms with Gasteiger partial charge in [-0.25, -0.2) is 4.98 Å². The predicted octanol–water partition coefficient (Wildman–Crippen LogP) is 2.84. The number of nitrogens with zero attached hydrogens (tertiary/aromatic N) is 6. The minimum Gasteiger partial charge on any atom is -0.439 e. The number of carbonyl (C=O) groups is 1. The molecule has 4 aromatic rings. The van der Waals surface area contributed by atoms with E-state index in [9.17, 15) is 4.79 Å². The number of hydrogen-bond donors (Lipinski definition) is 1. The number of ether oxygens (including phenoxy) is 1. The highest BCUT2D eigenvalue weighted by Crippen LogP contribution is 2.23. The van der Waals surface area contributed by atoms with Gasteiger partial charge in [-0.15, -0.1) is 15.3 Å². The van der Waals surface area contributed by atoms with Gasteiger partial charge in [-0.2, -0.15) is 4.52 Å². The van der Waals surface area contributed by atoms with E-state index in [1.807, 2.05) is 54.6 Å². The van der Waals surface area contributed by atoms with E-state index in [0.717, 1.165) is 48.7 Å². The van der Waals surface area contributed by atoms with Crippen LogP contribution in [0.15, 0.2) is 67.1 Å². The molecule has 0 unspecified atom stereocenters. The number of aromatic nitrogens is 5. The SMILES string of the molecule is O=C(NCc1ccnc(Oc2ccccc2)c1)C1CCN(c2ccc3nncn3n2)CC1. The number of benzene rings is 1. The van der Waals surface area contributed by atoms with Gasteiger partial charge in [-0.3, -0.25) is 4.79 Å². The summed E-state index contributed by atoms with van der Waals surface area (Å²) in [7, 11) is 0. The van der Waals surface area contributed by atoms with Crippen LogP contribution in [0, 0.1) is 5.92 Å². The topological polar surface area (TPSA) is 97.5 Å². The van der Waals surface area contributed by atoms with Crippen molar-refractivity contribution in [1.29, 1.82) is 0 Å². The van der Waals surface area contributed by atoms with Gasteiger partial charge in [-0.05, 0) is 48.7 Å². The average Bonchev–Trinajstić information content (AvgIpc) is 3.32. The fourth-order valence-electron chi connectivity index (χ4n) is 3.82. The van der Waals surface area contributed by atoms with Gasteiger partial charge in [-0.1, -0.05) is 18.2 Å². The summed E-state index contributed by atoms with van der Waals surface area (Å²) in [4.78, 5) is 19.2. The van der Waals surface area contributed by atoms with Crippen molar-refractivity contribution in [3.05, 3.63) is 72.7 Å². The van der Waals surface area contributed by atoms with Gasteiger partial charge in [0.05, 0.1) is 0 Å². The van der Waals surface area contributed by atoms with Crippen LogP contribution < -0.4 is 15.0 Å². The van der Waals surface area contributed by atoms with E-state index in [1.54, 1.807) is 17.0 Å². The number of pyridine rings is 1. The second-order valence-corrected chi connectivity index (χ2v) is 7.72. The molecule has 1 saturated heterocycles. The van der Waals surface area contributed by atoms with Gasteiger partial charge in [0, 0.05) is 37.8 Å². The zero-order chi connectivity index (χ0) is 21.8. The lowest BCUT2D eigenvalue weighted by atomic mass is 9.96. The zero-order valence-electron chi connectivity index (χ0n) is 17.5. The number of para-hydroxylation sites is 1. The van der Waals surface area contributed by atoms with Crippen LogP contribution in [0.1, 0.15) is 18.4 Å². The van der Waals surface area contributed by atoms with Gasteiger partial charge >= 0.3 is 0 Å². The molecular formula is C23H23N7O2. The molecule has 1 aliphatic rings. The lowest BCUT2D eigenvalue weighted by Gasteiger charge is -2.32. The van der Waals surface area contributed by atoms with Crippen molar-refractivity contribution in [3.8, 4) is 11.6 Å². The lowest BCUT2D eigenvalue weighted by molar-refractivity contribution is -0.125. The first-order valence-electron chi connectivity index (χ1n) is 10.6. The molecular weight excluding hydrogens is 406 g/mol. The number of carbonyl (C=O) groups excluding carboxylic acids is 1.